The number of fused-ring (bicyclic) bond motifs is 1. The number of aromatic nitrogens is 1. The van der Waals surface area contributed by atoms with E-state index in [1.165, 1.54) is 11.3 Å². The summed E-state index contributed by atoms with van der Waals surface area (Å²) in [7, 11) is 0. The van der Waals surface area contributed by atoms with Gasteiger partial charge in [-0.2, -0.15) is 0 Å². The van der Waals surface area contributed by atoms with E-state index in [2.05, 4.69) is 10.3 Å². The zero-order valence-electron chi connectivity index (χ0n) is 10.4. The van der Waals surface area contributed by atoms with E-state index in [1.807, 2.05) is 48.5 Å². The van der Waals surface area contributed by atoms with Gasteiger partial charge in [-0.05, 0) is 23.8 Å². The molecule has 0 radical (unpaired) electrons. The molecule has 1 amide bonds. The molecule has 100 valence electrons. The molecule has 20 heavy (non-hydrogen) atoms. The number of carbonyl (C=O) groups excluding carboxylic acids is 1. The van der Waals surface area contributed by atoms with Crippen molar-refractivity contribution in [3.63, 3.8) is 0 Å². The lowest BCUT2D eigenvalue weighted by Crippen LogP contribution is -2.17. The first-order valence-electron chi connectivity index (χ1n) is 6.07. The lowest BCUT2D eigenvalue weighted by Gasteiger charge is -2.10. The molecule has 0 aliphatic heterocycles. The van der Waals surface area contributed by atoms with Crippen molar-refractivity contribution >= 4 is 44.7 Å². The lowest BCUT2D eigenvalue weighted by atomic mass is 10.1. The molecule has 1 N–H and O–H groups in total. The predicted octanol–water partition coefficient (Wildman–Crippen LogP) is 4.21. The van der Waals surface area contributed by atoms with Crippen LogP contribution in [0.5, 0.6) is 0 Å². The SMILES string of the molecule is O=C(Nc1ccc2ncsc2c1)C(Cl)c1ccccc1. The van der Waals surface area contributed by atoms with Crippen molar-refractivity contribution in [1.29, 1.82) is 0 Å². The van der Waals surface area contributed by atoms with E-state index in [4.69, 9.17) is 11.6 Å². The summed E-state index contributed by atoms with van der Waals surface area (Å²) in [5, 5.41) is 2.13. The summed E-state index contributed by atoms with van der Waals surface area (Å²) in [6.45, 7) is 0. The van der Waals surface area contributed by atoms with Gasteiger partial charge in [-0.1, -0.05) is 30.3 Å². The van der Waals surface area contributed by atoms with Gasteiger partial charge in [0.25, 0.3) is 0 Å². The Hall–Kier alpha value is -1.91. The van der Waals surface area contributed by atoms with Crippen LogP contribution in [0, 0.1) is 0 Å². The highest BCUT2D eigenvalue weighted by Crippen LogP contribution is 2.25. The number of benzene rings is 2. The normalized spacial score (nSPS) is 12.2. The molecular formula is C15H11ClN2OS. The van der Waals surface area contributed by atoms with Crippen LogP contribution < -0.4 is 5.32 Å². The Morgan fingerprint density at radius 1 is 1.20 bits per heavy atom. The minimum absolute atomic E-state index is 0.235. The minimum Gasteiger partial charge on any atom is -0.324 e. The van der Waals surface area contributed by atoms with Gasteiger partial charge in [-0.3, -0.25) is 4.79 Å². The Balaban J connectivity index is 1.78. The van der Waals surface area contributed by atoms with Crippen LogP contribution in [0.1, 0.15) is 10.9 Å². The van der Waals surface area contributed by atoms with Crippen molar-refractivity contribution in [2.45, 2.75) is 5.38 Å². The number of hydrogen-bond acceptors (Lipinski definition) is 3. The van der Waals surface area contributed by atoms with E-state index >= 15 is 0 Å². The molecule has 0 saturated carbocycles. The maximum Gasteiger partial charge on any atom is 0.246 e. The monoisotopic (exact) mass is 302 g/mol. The van der Waals surface area contributed by atoms with Crippen molar-refractivity contribution in [2.24, 2.45) is 0 Å². The maximum atomic E-state index is 12.1. The number of carbonyl (C=O) groups is 1. The number of rotatable bonds is 3. The minimum atomic E-state index is -0.701. The van der Waals surface area contributed by atoms with E-state index in [0.717, 1.165) is 21.5 Å². The standard InChI is InChI=1S/C15H11ClN2OS/c16-14(10-4-2-1-3-5-10)15(19)18-11-6-7-12-13(8-11)20-9-17-12/h1-9,14H,(H,18,19). The molecule has 0 bridgehead atoms. The summed E-state index contributed by atoms with van der Waals surface area (Å²) in [6.07, 6.45) is 0. The first-order chi connectivity index (χ1) is 9.74. The fraction of sp³-hybridized carbons (Fsp3) is 0.0667. The zero-order valence-corrected chi connectivity index (χ0v) is 12.0. The average molecular weight is 303 g/mol. The molecule has 1 unspecified atom stereocenters. The Morgan fingerprint density at radius 2 is 2.00 bits per heavy atom. The Bertz CT molecular complexity index is 742. The second kappa shape index (κ2) is 5.61. The van der Waals surface area contributed by atoms with Gasteiger partial charge in [0.05, 0.1) is 15.7 Å². The third kappa shape index (κ3) is 2.66. The van der Waals surface area contributed by atoms with Crippen molar-refractivity contribution in [1.82, 2.24) is 4.98 Å². The van der Waals surface area contributed by atoms with Crippen LogP contribution in [0.2, 0.25) is 0 Å². The molecule has 3 rings (SSSR count). The second-order valence-electron chi connectivity index (χ2n) is 4.30. The van der Waals surface area contributed by atoms with Crippen LogP contribution in [-0.4, -0.2) is 10.9 Å². The van der Waals surface area contributed by atoms with Gasteiger partial charge in [-0.15, -0.1) is 22.9 Å². The molecule has 0 aliphatic rings. The maximum absolute atomic E-state index is 12.1. The number of nitrogens with zero attached hydrogens (tertiary/aromatic N) is 1. The van der Waals surface area contributed by atoms with Crippen molar-refractivity contribution in [3.05, 3.63) is 59.6 Å². The third-order valence-electron chi connectivity index (χ3n) is 2.92. The van der Waals surface area contributed by atoms with Gasteiger partial charge in [0.15, 0.2) is 0 Å². The summed E-state index contributed by atoms with van der Waals surface area (Å²) in [5.74, 6) is -0.235. The molecule has 1 atom stereocenters. The average Bonchev–Trinajstić information content (AvgIpc) is 2.95. The highest BCUT2D eigenvalue weighted by Gasteiger charge is 2.17. The molecule has 1 heterocycles. The molecule has 0 saturated heterocycles. The highest BCUT2D eigenvalue weighted by atomic mass is 35.5. The number of alkyl halides is 1. The summed E-state index contributed by atoms with van der Waals surface area (Å²) < 4.78 is 1.04. The van der Waals surface area contributed by atoms with Gasteiger partial charge in [0, 0.05) is 5.69 Å². The number of anilines is 1. The van der Waals surface area contributed by atoms with Crippen molar-refractivity contribution in [2.75, 3.05) is 5.32 Å². The number of hydrogen-bond donors (Lipinski definition) is 1. The van der Waals surface area contributed by atoms with E-state index in [0.29, 0.717) is 0 Å². The number of amides is 1. The molecule has 0 aliphatic carbocycles. The lowest BCUT2D eigenvalue weighted by molar-refractivity contribution is -0.116. The van der Waals surface area contributed by atoms with Gasteiger partial charge in [-0.25, -0.2) is 4.98 Å². The fourth-order valence-electron chi connectivity index (χ4n) is 1.91. The van der Waals surface area contributed by atoms with E-state index in [9.17, 15) is 4.79 Å². The molecule has 1 aromatic heterocycles. The molecule has 0 spiro atoms. The summed E-state index contributed by atoms with van der Waals surface area (Å²) in [6, 6.07) is 14.9. The topological polar surface area (TPSA) is 42.0 Å². The van der Waals surface area contributed by atoms with Gasteiger partial charge >= 0.3 is 0 Å². The third-order valence-corrected chi connectivity index (χ3v) is 4.16. The van der Waals surface area contributed by atoms with E-state index < -0.39 is 5.38 Å². The largest absolute Gasteiger partial charge is 0.324 e. The number of halogens is 1. The van der Waals surface area contributed by atoms with Crippen LogP contribution in [0.3, 0.4) is 0 Å². The molecule has 3 nitrogen and oxygen atoms in total. The zero-order chi connectivity index (χ0) is 13.9. The highest BCUT2D eigenvalue weighted by molar-refractivity contribution is 7.16. The van der Waals surface area contributed by atoms with Gasteiger partial charge in [0.2, 0.25) is 5.91 Å². The fourth-order valence-corrected chi connectivity index (χ4v) is 2.83. The Kier molecular flexibility index (Phi) is 3.67. The first-order valence-corrected chi connectivity index (χ1v) is 7.39. The summed E-state index contributed by atoms with van der Waals surface area (Å²) in [5.41, 5.74) is 4.22. The van der Waals surface area contributed by atoms with Crippen LogP contribution in [-0.2, 0) is 4.79 Å². The van der Waals surface area contributed by atoms with E-state index in [-0.39, 0.29) is 5.91 Å². The summed E-state index contributed by atoms with van der Waals surface area (Å²) in [4.78, 5) is 16.3. The number of thiazole rings is 1. The molecule has 3 aromatic rings. The summed E-state index contributed by atoms with van der Waals surface area (Å²) >= 11 is 7.72. The van der Waals surface area contributed by atoms with Crippen LogP contribution in [0.25, 0.3) is 10.2 Å². The molecule has 5 heteroatoms. The number of nitrogens with one attached hydrogen (secondary N) is 1. The van der Waals surface area contributed by atoms with Crippen molar-refractivity contribution < 1.29 is 4.79 Å². The van der Waals surface area contributed by atoms with Crippen molar-refractivity contribution in [3.8, 4) is 0 Å². The van der Waals surface area contributed by atoms with Gasteiger partial charge < -0.3 is 5.32 Å². The predicted molar refractivity (Wildman–Crippen MR) is 83.3 cm³/mol. The van der Waals surface area contributed by atoms with Crippen LogP contribution in [0.4, 0.5) is 5.69 Å². The Labute approximate surface area is 125 Å². The van der Waals surface area contributed by atoms with E-state index in [1.54, 1.807) is 5.51 Å². The molecule has 0 fully saturated rings. The van der Waals surface area contributed by atoms with Crippen LogP contribution in [0.15, 0.2) is 54.0 Å². The smallest absolute Gasteiger partial charge is 0.246 e. The molecule has 2 aromatic carbocycles. The quantitative estimate of drug-likeness (QED) is 0.736. The molecular weight excluding hydrogens is 292 g/mol. The first kappa shape index (κ1) is 13.1. The van der Waals surface area contributed by atoms with Gasteiger partial charge in [0.1, 0.15) is 5.38 Å². The van der Waals surface area contributed by atoms with Crippen LogP contribution >= 0.6 is 22.9 Å². The second-order valence-corrected chi connectivity index (χ2v) is 5.62. The Morgan fingerprint density at radius 3 is 2.80 bits per heavy atom.